The van der Waals surface area contributed by atoms with E-state index in [1.165, 1.54) is 0 Å². The lowest BCUT2D eigenvalue weighted by atomic mass is 9.95. The molecule has 1 amide bonds. The fourth-order valence-electron chi connectivity index (χ4n) is 3.50. The Morgan fingerprint density at radius 1 is 1.17 bits per heavy atom. The molecule has 1 aliphatic heterocycles. The van der Waals surface area contributed by atoms with E-state index in [0.29, 0.717) is 12.2 Å². The first-order valence-electron chi connectivity index (χ1n) is 9.88. The summed E-state index contributed by atoms with van der Waals surface area (Å²) in [5.41, 5.74) is 4.13. The third-order valence-electron chi connectivity index (χ3n) is 5.22. The summed E-state index contributed by atoms with van der Waals surface area (Å²) < 4.78 is 1.69. The quantitative estimate of drug-likeness (QED) is 0.453. The molecule has 1 saturated heterocycles. The van der Waals surface area contributed by atoms with Crippen LogP contribution in [-0.4, -0.2) is 32.3 Å². The van der Waals surface area contributed by atoms with Gasteiger partial charge in [-0.3, -0.25) is 4.79 Å². The average molecular weight is 401 g/mol. The molecular weight excluding hydrogens is 378 g/mol. The minimum Gasteiger partial charge on any atom is -0.393 e. The van der Waals surface area contributed by atoms with Crippen molar-refractivity contribution in [3.63, 3.8) is 0 Å². The predicted molar refractivity (Wildman–Crippen MR) is 113 cm³/mol. The summed E-state index contributed by atoms with van der Waals surface area (Å²) in [5.74, 6) is 6.72. The Hall–Kier alpha value is -3.40. The summed E-state index contributed by atoms with van der Waals surface area (Å²) in [6, 6.07) is 15.8. The van der Waals surface area contributed by atoms with Crippen LogP contribution in [0.3, 0.4) is 0 Å². The van der Waals surface area contributed by atoms with E-state index in [-0.39, 0.29) is 18.6 Å². The fraction of sp³-hybridized carbons (Fsp3) is 0.250. The number of aliphatic hydroxyl groups is 2. The summed E-state index contributed by atoms with van der Waals surface area (Å²) in [4.78, 5) is 15.2. The SMILES string of the molecule is C[C@H](O)c1nccn1[C@@H](C#Cc1ccc(-c2ccc([C@@H]3CC(=O)N3)cc2)cc1)CO. The van der Waals surface area contributed by atoms with Crippen molar-refractivity contribution in [1.29, 1.82) is 0 Å². The molecule has 152 valence electrons. The number of aromatic nitrogens is 2. The van der Waals surface area contributed by atoms with Crippen molar-refractivity contribution in [2.24, 2.45) is 0 Å². The van der Waals surface area contributed by atoms with Gasteiger partial charge in [0.25, 0.3) is 0 Å². The number of nitrogens with zero attached hydrogens (tertiary/aromatic N) is 2. The number of hydrogen-bond donors (Lipinski definition) is 3. The van der Waals surface area contributed by atoms with E-state index in [1.807, 2.05) is 36.4 Å². The first kappa shape index (κ1) is 19.9. The summed E-state index contributed by atoms with van der Waals surface area (Å²) >= 11 is 0. The number of aliphatic hydroxyl groups excluding tert-OH is 2. The summed E-state index contributed by atoms with van der Waals surface area (Å²) in [7, 11) is 0. The summed E-state index contributed by atoms with van der Waals surface area (Å²) in [6.07, 6.45) is 3.12. The van der Waals surface area contributed by atoms with Gasteiger partial charge in [-0.2, -0.15) is 0 Å². The number of hydrogen-bond acceptors (Lipinski definition) is 4. The van der Waals surface area contributed by atoms with Crippen molar-refractivity contribution in [1.82, 2.24) is 14.9 Å². The summed E-state index contributed by atoms with van der Waals surface area (Å²) in [5, 5.41) is 22.4. The third kappa shape index (κ3) is 4.13. The molecule has 3 aromatic rings. The topological polar surface area (TPSA) is 87.4 Å². The Kier molecular flexibility index (Phi) is 5.66. The normalized spacial score (nSPS) is 17.3. The molecule has 1 aromatic heterocycles. The van der Waals surface area contributed by atoms with Crippen LogP contribution in [-0.2, 0) is 4.79 Å². The van der Waals surface area contributed by atoms with E-state index >= 15 is 0 Å². The molecule has 0 spiro atoms. The zero-order valence-corrected chi connectivity index (χ0v) is 16.6. The molecule has 6 nitrogen and oxygen atoms in total. The molecule has 2 aromatic carbocycles. The van der Waals surface area contributed by atoms with Crippen LogP contribution in [0.4, 0.5) is 0 Å². The number of amides is 1. The first-order valence-corrected chi connectivity index (χ1v) is 9.88. The predicted octanol–water partition coefficient (Wildman–Crippen LogP) is 2.75. The van der Waals surface area contributed by atoms with Crippen LogP contribution in [0.1, 0.15) is 48.5 Å². The second kappa shape index (κ2) is 8.54. The number of benzene rings is 2. The molecule has 3 atom stereocenters. The summed E-state index contributed by atoms with van der Waals surface area (Å²) in [6.45, 7) is 1.46. The number of nitrogens with one attached hydrogen (secondary N) is 1. The molecular formula is C24H23N3O3. The number of rotatable bonds is 5. The molecule has 0 saturated carbocycles. The largest absolute Gasteiger partial charge is 0.393 e. The molecule has 0 unspecified atom stereocenters. The van der Waals surface area contributed by atoms with Gasteiger partial charge >= 0.3 is 0 Å². The van der Waals surface area contributed by atoms with Crippen molar-refractivity contribution < 1.29 is 15.0 Å². The van der Waals surface area contributed by atoms with Crippen molar-refractivity contribution in [3.05, 3.63) is 77.9 Å². The zero-order valence-electron chi connectivity index (χ0n) is 16.6. The van der Waals surface area contributed by atoms with E-state index in [2.05, 4.69) is 34.3 Å². The third-order valence-corrected chi connectivity index (χ3v) is 5.22. The minimum atomic E-state index is -0.734. The fourth-order valence-corrected chi connectivity index (χ4v) is 3.50. The molecule has 30 heavy (non-hydrogen) atoms. The average Bonchev–Trinajstić information content (AvgIpc) is 3.23. The maximum Gasteiger partial charge on any atom is 0.222 e. The van der Waals surface area contributed by atoms with Gasteiger partial charge < -0.3 is 20.1 Å². The first-order chi connectivity index (χ1) is 14.5. The standard InChI is InChI=1S/C24H23N3O3/c1-16(29)24-25-12-13-27(24)21(15-28)11-4-17-2-5-18(6-3-17)19-7-9-20(10-8-19)22-14-23(30)26-22/h2-3,5-10,12-13,16,21-22,28-29H,14-15H2,1H3,(H,26,30)/t16-,21-,22-/m0/s1. The van der Waals surface area contributed by atoms with Crippen molar-refractivity contribution in [3.8, 4) is 23.0 Å². The lowest BCUT2D eigenvalue weighted by Crippen LogP contribution is -2.41. The van der Waals surface area contributed by atoms with E-state index < -0.39 is 12.1 Å². The Balaban J connectivity index is 1.47. The lowest BCUT2D eigenvalue weighted by molar-refractivity contribution is -0.128. The smallest absolute Gasteiger partial charge is 0.222 e. The van der Waals surface area contributed by atoms with E-state index in [0.717, 1.165) is 22.3 Å². The van der Waals surface area contributed by atoms with Crippen molar-refractivity contribution in [2.45, 2.75) is 31.5 Å². The Morgan fingerprint density at radius 3 is 2.37 bits per heavy atom. The molecule has 3 N–H and O–H groups in total. The number of β-lactam (4-membered cyclic amide) rings is 1. The highest BCUT2D eigenvalue weighted by molar-refractivity contribution is 5.83. The zero-order chi connectivity index (χ0) is 21.1. The van der Waals surface area contributed by atoms with Gasteiger partial charge in [0.05, 0.1) is 19.1 Å². The van der Waals surface area contributed by atoms with Gasteiger partial charge in [0.2, 0.25) is 5.91 Å². The van der Waals surface area contributed by atoms with Crippen LogP contribution >= 0.6 is 0 Å². The van der Waals surface area contributed by atoms with Gasteiger partial charge in [0.15, 0.2) is 0 Å². The van der Waals surface area contributed by atoms with Crippen LogP contribution < -0.4 is 5.32 Å². The number of imidazole rings is 1. The number of carbonyl (C=O) groups is 1. The van der Waals surface area contributed by atoms with Gasteiger partial charge in [0.1, 0.15) is 18.0 Å². The molecule has 0 radical (unpaired) electrons. The maximum atomic E-state index is 11.1. The van der Waals surface area contributed by atoms with Crippen LogP contribution in [0.25, 0.3) is 11.1 Å². The molecule has 4 rings (SSSR count). The highest BCUT2D eigenvalue weighted by Crippen LogP contribution is 2.27. The van der Waals surface area contributed by atoms with Gasteiger partial charge in [0, 0.05) is 18.0 Å². The van der Waals surface area contributed by atoms with Crippen LogP contribution in [0.2, 0.25) is 0 Å². The van der Waals surface area contributed by atoms with Crippen molar-refractivity contribution >= 4 is 5.91 Å². The second-order valence-electron chi connectivity index (χ2n) is 7.36. The van der Waals surface area contributed by atoms with Crippen molar-refractivity contribution in [2.75, 3.05) is 6.61 Å². The Morgan fingerprint density at radius 2 is 1.80 bits per heavy atom. The highest BCUT2D eigenvalue weighted by Gasteiger charge is 2.26. The molecule has 1 fully saturated rings. The van der Waals surface area contributed by atoms with E-state index in [4.69, 9.17) is 0 Å². The molecule has 1 aliphatic rings. The highest BCUT2D eigenvalue weighted by atomic mass is 16.3. The molecule has 0 bridgehead atoms. The Labute approximate surface area is 175 Å². The van der Waals surface area contributed by atoms with Crippen LogP contribution in [0.5, 0.6) is 0 Å². The second-order valence-corrected chi connectivity index (χ2v) is 7.36. The monoisotopic (exact) mass is 401 g/mol. The molecule has 2 heterocycles. The lowest BCUT2D eigenvalue weighted by Gasteiger charge is -2.27. The maximum absolute atomic E-state index is 11.1. The minimum absolute atomic E-state index is 0.0966. The Bertz CT molecular complexity index is 1080. The van der Waals surface area contributed by atoms with E-state index in [9.17, 15) is 15.0 Å². The van der Waals surface area contributed by atoms with Gasteiger partial charge in [-0.05, 0) is 35.7 Å². The van der Waals surface area contributed by atoms with Crippen LogP contribution in [0, 0.1) is 11.8 Å². The van der Waals surface area contributed by atoms with Crippen LogP contribution in [0.15, 0.2) is 60.9 Å². The van der Waals surface area contributed by atoms with Gasteiger partial charge in [-0.25, -0.2) is 4.98 Å². The van der Waals surface area contributed by atoms with Gasteiger partial charge in [-0.15, -0.1) is 0 Å². The van der Waals surface area contributed by atoms with Gasteiger partial charge in [-0.1, -0.05) is 48.2 Å². The molecule has 6 heteroatoms. The number of carbonyl (C=O) groups excluding carboxylic acids is 1. The molecule has 0 aliphatic carbocycles. The van der Waals surface area contributed by atoms with E-state index in [1.54, 1.807) is 23.9 Å².